The number of benzene rings is 12. The summed E-state index contributed by atoms with van der Waals surface area (Å²) in [5.74, 6) is 0. The van der Waals surface area contributed by atoms with E-state index in [1.54, 1.807) is 0 Å². The fourth-order valence-corrected chi connectivity index (χ4v) is 11.3. The quantitative estimate of drug-likeness (QED) is 0.153. The Morgan fingerprint density at radius 2 is 0.576 bits per heavy atom. The van der Waals surface area contributed by atoms with Crippen molar-refractivity contribution in [2.75, 3.05) is 0 Å². The second-order valence-electron chi connectivity index (χ2n) is 17.5. The monoisotopic (exact) mass is 836 g/mol. The normalized spacial score (nSPS) is 11.9. The molecule has 0 atom stereocenters. The smallest absolute Gasteiger partial charge is 0.0541 e. The lowest BCUT2D eigenvalue weighted by Gasteiger charge is -2.20. The molecule has 0 saturated heterocycles. The van der Waals surface area contributed by atoms with Crippen LogP contribution in [-0.4, -0.2) is 9.13 Å². The second kappa shape index (κ2) is 14.4. The maximum Gasteiger partial charge on any atom is 0.0541 e. The number of hydrogen-bond acceptors (Lipinski definition) is 0. The van der Waals surface area contributed by atoms with Crippen LogP contribution in [0.3, 0.4) is 0 Å². The van der Waals surface area contributed by atoms with Gasteiger partial charge in [-0.2, -0.15) is 0 Å². The van der Waals surface area contributed by atoms with E-state index in [4.69, 9.17) is 0 Å². The van der Waals surface area contributed by atoms with Crippen molar-refractivity contribution in [3.05, 3.63) is 243 Å². The van der Waals surface area contributed by atoms with Gasteiger partial charge in [-0.05, 0) is 125 Å². The Bertz CT molecular complexity index is 4180. The number of hydrogen-bond donors (Lipinski definition) is 0. The molecule has 14 rings (SSSR count). The highest BCUT2D eigenvalue weighted by Gasteiger charge is 2.21. The number of nitrogens with zero attached hydrogens (tertiary/aromatic N) is 2. The molecule has 306 valence electrons. The van der Waals surface area contributed by atoms with Gasteiger partial charge in [-0.25, -0.2) is 0 Å². The highest BCUT2D eigenvalue weighted by Crippen LogP contribution is 2.48. The minimum Gasteiger partial charge on any atom is -0.309 e. The zero-order chi connectivity index (χ0) is 43.3. The number of fused-ring (bicyclic) bond motifs is 10. The number of rotatable bonds is 5. The molecule has 0 saturated carbocycles. The lowest BCUT2D eigenvalue weighted by molar-refractivity contribution is 1.13. The molecular formula is C64H40N2. The average molecular weight is 837 g/mol. The van der Waals surface area contributed by atoms with E-state index in [1.807, 2.05) is 0 Å². The van der Waals surface area contributed by atoms with Crippen molar-refractivity contribution in [1.82, 2.24) is 9.13 Å². The summed E-state index contributed by atoms with van der Waals surface area (Å²) < 4.78 is 4.84. The SMILES string of the molecule is c1cc(-n2c3ccccc3c3ccccc32)cc(-n2c3ccccc3c3cc(-c4cccc5c(-c6c7ccccc7c(-c7cccc8ccccc78)c7ccccc67)cccc45)ccc32)c1. The molecule has 14 aromatic rings. The van der Waals surface area contributed by atoms with Crippen LogP contribution < -0.4 is 0 Å². The van der Waals surface area contributed by atoms with Crippen molar-refractivity contribution in [2.24, 2.45) is 0 Å². The van der Waals surface area contributed by atoms with Crippen LogP contribution in [0.25, 0.3) is 131 Å². The second-order valence-corrected chi connectivity index (χ2v) is 17.5. The van der Waals surface area contributed by atoms with Crippen LogP contribution in [0.1, 0.15) is 0 Å². The van der Waals surface area contributed by atoms with Crippen LogP contribution in [0.4, 0.5) is 0 Å². The lowest BCUT2D eigenvalue weighted by Crippen LogP contribution is -1.98. The fourth-order valence-electron chi connectivity index (χ4n) is 11.3. The Hall–Kier alpha value is -8.72. The lowest BCUT2D eigenvalue weighted by atomic mass is 9.83. The van der Waals surface area contributed by atoms with Crippen LogP contribution in [0.15, 0.2) is 243 Å². The topological polar surface area (TPSA) is 9.86 Å². The van der Waals surface area contributed by atoms with Crippen molar-refractivity contribution in [1.29, 1.82) is 0 Å². The molecule has 0 radical (unpaired) electrons. The molecule has 2 aromatic heterocycles. The third kappa shape index (κ3) is 5.36. The van der Waals surface area contributed by atoms with Gasteiger partial charge < -0.3 is 9.13 Å². The van der Waals surface area contributed by atoms with Gasteiger partial charge in [0.05, 0.1) is 22.1 Å². The molecule has 12 aromatic carbocycles. The maximum atomic E-state index is 2.44. The van der Waals surface area contributed by atoms with E-state index in [0.29, 0.717) is 0 Å². The molecule has 0 amide bonds. The van der Waals surface area contributed by atoms with E-state index < -0.39 is 0 Å². The third-order valence-corrected chi connectivity index (χ3v) is 14.1. The van der Waals surface area contributed by atoms with Gasteiger partial charge in [0.15, 0.2) is 0 Å². The Morgan fingerprint density at radius 3 is 1.14 bits per heavy atom. The van der Waals surface area contributed by atoms with Crippen molar-refractivity contribution in [3.8, 4) is 44.8 Å². The minimum atomic E-state index is 1.13. The van der Waals surface area contributed by atoms with Gasteiger partial charge in [0.2, 0.25) is 0 Å². The van der Waals surface area contributed by atoms with Gasteiger partial charge in [-0.3, -0.25) is 0 Å². The van der Waals surface area contributed by atoms with Crippen LogP contribution in [0.5, 0.6) is 0 Å². The first-order valence-electron chi connectivity index (χ1n) is 22.8. The summed E-state index contributed by atoms with van der Waals surface area (Å²) in [4.78, 5) is 0. The first-order valence-corrected chi connectivity index (χ1v) is 22.8. The Kier molecular flexibility index (Phi) is 8.02. The molecule has 0 aliphatic rings. The Balaban J connectivity index is 0.948. The molecule has 0 aliphatic heterocycles. The Labute approximate surface area is 381 Å². The molecule has 0 bridgehead atoms. The van der Waals surface area contributed by atoms with Crippen LogP contribution in [-0.2, 0) is 0 Å². The summed E-state index contributed by atoms with van der Waals surface area (Å²) in [6.07, 6.45) is 0. The van der Waals surface area contributed by atoms with Crippen LogP contribution >= 0.6 is 0 Å². The number of para-hydroxylation sites is 3. The zero-order valence-electron chi connectivity index (χ0n) is 36.0. The molecule has 2 nitrogen and oxygen atoms in total. The summed E-state index contributed by atoms with van der Waals surface area (Å²) in [6, 6.07) is 89.6. The van der Waals surface area contributed by atoms with Crippen molar-refractivity contribution >= 4 is 86.7 Å². The van der Waals surface area contributed by atoms with E-state index in [1.165, 1.54) is 120 Å². The Morgan fingerprint density at radius 1 is 0.212 bits per heavy atom. The van der Waals surface area contributed by atoms with Gasteiger partial charge >= 0.3 is 0 Å². The molecule has 66 heavy (non-hydrogen) atoms. The summed E-state index contributed by atoms with van der Waals surface area (Å²) in [7, 11) is 0. The molecular weight excluding hydrogens is 797 g/mol. The van der Waals surface area contributed by atoms with Crippen LogP contribution in [0, 0.1) is 0 Å². The fraction of sp³-hybridized carbons (Fsp3) is 0. The van der Waals surface area contributed by atoms with Gasteiger partial charge in [0, 0.05) is 32.9 Å². The van der Waals surface area contributed by atoms with E-state index in [2.05, 4.69) is 252 Å². The van der Waals surface area contributed by atoms with E-state index >= 15 is 0 Å². The van der Waals surface area contributed by atoms with Crippen LogP contribution in [0.2, 0.25) is 0 Å². The maximum absolute atomic E-state index is 2.44. The van der Waals surface area contributed by atoms with Crippen molar-refractivity contribution < 1.29 is 0 Å². The number of aromatic nitrogens is 2. The molecule has 0 fully saturated rings. The van der Waals surface area contributed by atoms with E-state index in [9.17, 15) is 0 Å². The highest BCUT2D eigenvalue weighted by molar-refractivity contribution is 6.26. The van der Waals surface area contributed by atoms with Gasteiger partial charge in [-0.1, -0.05) is 194 Å². The predicted octanol–water partition coefficient (Wildman–Crippen LogP) is 17.5. The highest BCUT2D eigenvalue weighted by atomic mass is 15.0. The van der Waals surface area contributed by atoms with E-state index in [0.717, 1.165) is 11.4 Å². The first kappa shape index (κ1) is 36.7. The summed E-state index contributed by atoms with van der Waals surface area (Å²) in [6.45, 7) is 0. The molecule has 2 heterocycles. The summed E-state index contributed by atoms with van der Waals surface area (Å²) >= 11 is 0. The molecule has 0 N–H and O–H groups in total. The molecule has 0 aliphatic carbocycles. The van der Waals surface area contributed by atoms with Gasteiger partial charge in [0.1, 0.15) is 0 Å². The minimum absolute atomic E-state index is 1.13. The van der Waals surface area contributed by atoms with Gasteiger partial charge in [0.25, 0.3) is 0 Å². The molecule has 0 unspecified atom stereocenters. The van der Waals surface area contributed by atoms with Crippen molar-refractivity contribution in [3.63, 3.8) is 0 Å². The largest absolute Gasteiger partial charge is 0.309 e. The average Bonchev–Trinajstić information content (AvgIpc) is 3.90. The first-order chi connectivity index (χ1) is 32.8. The predicted molar refractivity (Wildman–Crippen MR) is 281 cm³/mol. The summed E-state index contributed by atoms with van der Waals surface area (Å²) in [5, 5.41) is 15.0. The summed E-state index contributed by atoms with van der Waals surface area (Å²) in [5.41, 5.74) is 14.6. The van der Waals surface area contributed by atoms with Crippen molar-refractivity contribution in [2.45, 2.75) is 0 Å². The van der Waals surface area contributed by atoms with Gasteiger partial charge in [-0.15, -0.1) is 0 Å². The molecule has 0 spiro atoms. The standard InChI is InChI=1S/C64H40N2/c1-2-21-45-41(17-1)18-13-32-52(45)63-54-25-3-5-27-56(54)64(57-28-6-4-26-55(57)63)53-33-16-30-47-46(29-15-31-48(47)53)42-37-38-62-58(39-42)51-24-9-12-36-61(51)66(62)44-20-14-19-43(40-44)65-59-34-10-7-22-49(59)50-23-8-11-35-60(50)65/h1-40H. The molecule has 2 heteroatoms. The van der Waals surface area contributed by atoms with E-state index in [-0.39, 0.29) is 0 Å². The zero-order valence-corrected chi connectivity index (χ0v) is 36.0. The third-order valence-electron chi connectivity index (χ3n) is 14.1.